The number of benzene rings is 1. The van der Waals surface area contributed by atoms with Crippen molar-refractivity contribution in [3.8, 4) is 0 Å². The molecule has 0 amide bonds. The zero-order valence-corrected chi connectivity index (χ0v) is 16.1. The molecule has 2 aromatic rings. The minimum atomic E-state index is -4.32. The highest BCUT2D eigenvalue weighted by Crippen LogP contribution is 2.31. The molecule has 0 bridgehead atoms. The van der Waals surface area contributed by atoms with Gasteiger partial charge in [0.05, 0.1) is 17.8 Å². The van der Waals surface area contributed by atoms with Crippen LogP contribution in [0.3, 0.4) is 0 Å². The maximum Gasteiger partial charge on any atom is 0.416 e. The Kier molecular flexibility index (Phi) is 6.11. The molecule has 0 atom stereocenters. The lowest BCUT2D eigenvalue weighted by Gasteiger charge is -2.38. The molecule has 1 aromatic carbocycles. The number of nitrogens with zero attached hydrogens (tertiary/aromatic N) is 5. The Labute approximate surface area is 162 Å². The molecule has 1 saturated heterocycles. The molecule has 1 N–H and O–H groups in total. The van der Waals surface area contributed by atoms with Crippen molar-refractivity contribution in [1.29, 1.82) is 0 Å². The van der Waals surface area contributed by atoms with Gasteiger partial charge < -0.3 is 15.1 Å². The number of hydrogen-bond donors (Lipinski definition) is 1. The van der Waals surface area contributed by atoms with Gasteiger partial charge in [0.15, 0.2) is 5.96 Å². The van der Waals surface area contributed by atoms with E-state index in [0.29, 0.717) is 38.4 Å². The standard InChI is InChI=1S/C19H25F3N6/c1-3-23-18(24-14-17-7-8-25-26(17)2)28-11-9-27(10-12-28)16-6-4-5-15(13-16)19(20,21)22/h4-8,13H,3,9-12,14H2,1-2H3,(H,23,24). The lowest BCUT2D eigenvalue weighted by molar-refractivity contribution is -0.137. The van der Waals surface area contributed by atoms with Crippen LogP contribution in [0.15, 0.2) is 41.5 Å². The second kappa shape index (κ2) is 8.53. The van der Waals surface area contributed by atoms with Gasteiger partial charge in [0, 0.05) is 51.7 Å². The summed E-state index contributed by atoms with van der Waals surface area (Å²) in [5.41, 5.74) is 1.00. The molecular weight excluding hydrogens is 369 g/mol. The summed E-state index contributed by atoms with van der Waals surface area (Å²) in [6.45, 7) is 5.93. The Balaban J connectivity index is 1.65. The number of nitrogens with one attached hydrogen (secondary N) is 1. The first kappa shape index (κ1) is 20.0. The van der Waals surface area contributed by atoms with E-state index in [1.165, 1.54) is 12.1 Å². The normalized spacial score (nSPS) is 15.8. The number of aliphatic imine (C=N–C) groups is 1. The molecule has 28 heavy (non-hydrogen) atoms. The molecule has 1 aromatic heterocycles. The van der Waals surface area contributed by atoms with Gasteiger partial charge in [-0.2, -0.15) is 18.3 Å². The van der Waals surface area contributed by atoms with Gasteiger partial charge in [-0.15, -0.1) is 0 Å². The van der Waals surface area contributed by atoms with Crippen LogP contribution in [0.1, 0.15) is 18.2 Å². The molecule has 0 radical (unpaired) electrons. The third-order valence-corrected chi connectivity index (χ3v) is 4.77. The van der Waals surface area contributed by atoms with Crippen molar-refractivity contribution in [1.82, 2.24) is 20.0 Å². The van der Waals surface area contributed by atoms with E-state index >= 15 is 0 Å². The second-order valence-corrected chi connectivity index (χ2v) is 6.64. The van der Waals surface area contributed by atoms with Crippen LogP contribution in [0.2, 0.25) is 0 Å². The van der Waals surface area contributed by atoms with Crippen molar-refractivity contribution in [3.05, 3.63) is 47.8 Å². The zero-order valence-electron chi connectivity index (χ0n) is 16.1. The molecule has 9 heteroatoms. The summed E-state index contributed by atoms with van der Waals surface area (Å²) < 4.78 is 40.7. The van der Waals surface area contributed by atoms with Crippen molar-refractivity contribution >= 4 is 11.6 Å². The first-order chi connectivity index (χ1) is 13.4. The Morgan fingerprint density at radius 1 is 1.18 bits per heavy atom. The van der Waals surface area contributed by atoms with Gasteiger partial charge in [-0.3, -0.25) is 4.68 Å². The van der Waals surface area contributed by atoms with E-state index in [1.807, 2.05) is 24.9 Å². The number of piperazine rings is 1. The van der Waals surface area contributed by atoms with Crippen LogP contribution in [-0.4, -0.2) is 53.4 Å². The van der Waals surface area contributed by atoms with Crippen molar-refractivity contribution < 1.29 is 13.2 Å². The van der Waals surface area contributed by atoms with Gasteiger partial charge in [-0.05, 0) is 31.2 Å². The van der Waals surface area contributed by atoms with Gasteiger partial charge in [0.2, 0.25) is 0 Å². The van der Waals surface area contributed by atoms with E-state index in [2.05, 4.69) is 20.3 Å². The minimum absolute atomic E-state index is 0.521. The van der Waals surface area contributed by atoms with E-state index in [1.54, 1.807) is 16.9 Å². The maximum atomic E-state index is 13.0. The fraction of sp³-hybridized carbons (Fsp3) is 0.474. The predicted octanol–water partition coefficient (Wildman–Crippen LogP) is 2.73. The molecular formula is C19H25F3N6. The van der Waals surface area contributed by atoms with Gasteiger partial charge in [0.1, 0.15) is 0 Å². The monoisotopic (exact) mass is 394 g/mol. The van der Waals surface area contributed by atoms with E-state index in [9.17, 15) is 13.2 Å². The summed E-state index contributed by atoms with van der Waals surface area (Å²) in [4.78, 5) is 8.81. The predicted molar refractivity (Wildman–Crippen MR) is 103 cm³/mol. The summed E-state index contributed by atoms with van der Waals surface area (Å²) in [5, 5.41) is 7.44. The number of alkyl halides is 3. The topological polar surface area (TPSA) is 48.7 Å². The van der Waals surface area contributed by atoms with Crippen LogP contribution in [0.4, 0.5) is 18.9 Å². The highest BCUT2D eigenvalue weighted by Gasteiger charge is 2.31. The van der Waals surface area contributed by atoms with Crippen molar-refractivity contribution in [2.45, 2.75) is 19.6 Å². The largest absolute Gasteiger partial charge is 0.416 e. The molecule has 6 nitrogen and oxygen atoms in total. The fourth-order valence-corrected chi connectivity index (χ4v) is 3.19. The Morgan fingerprint density at radius 2 is 1.93 bits per heavy atom. The molecule has 1 aliphatic heterocycles. The summed E-state index contributed by atoms with van der Waals surface area (Å²) >= 11 is 0. The summed E-state index contributed by atoms with van der Waals surface area (Å²) in [6.07, 6.45) is -2.58. The van der Waals surface area contributed by atoms with Crippen molar-refractivity contribution in [3.63, 3.8) is 0 Å². The number of rotatable bonds is 4. The number of halogens is 3. The second-order valence-electron chi connectivity index (χ2n) is 6.64. The van der Waals surface area contributed by atoms with E-state index in [0.717, 1.165) is 24.3 Å². The molecule has 0 saturated carbocycles. The van der Waals surface area contributed by atoms with Crippen molar-refractivity contribution in [2.24, 2.45) is 12.0 Å². The Hall–Kier alpha value is -2.71. The molecule has 2 heterocycles. The molecule has 152 valence electrons. The van der Waals surface area contributed by atoms with Gasteiger partial charge in [-0.25, -0.2) is 4.99 Å². The van der Waals surface area contributed by atoms with Crippen LogP contribution >= 0.6 is 0 Å². The fourth-order valence-electron chi connectivity index (χ4n) is 3.19. The molecule has 3 rings (SSSR count). The number of guanidine groups is 1. The van der Waals surface area contributed by atoms with Gasteiger partial charge >= 0.3 is 6.18 Å². The van der Waals surface area contributed by atoms with Gasteiger partial charge in [-0.1, -0.05) is 6.07 Å². The molecule has 0 aliphatic carbocycles. The first-order valence-corrected chi connectivity index (χ1v) is 9.31. The summed E-state index contributed by atoms with van der Waals surface area (Å²) in [7, 11) is 1.88. The average molecular weight is 394 g/mol. The SMILES string of the molecule is CCNC(=NCc1ccnn1C)N1CCN(c2cccc(C(F)(F)F)c2)CC1. The molecule has 1 fully saturated rings. The van der Waals surface area contributed by atoms with Crippen molar-refractivity contribution in [2.75, 3.05) is 37.6 Å². The van der Waals surface area contributed by atoms with E-state index in [-0.39, 0.29) is 0 Å². The third kappa shape index (κ3) is 4.76. The number of aromatic nitrogens is 2. The Morgan fingerprint density at radius 3 is 2.54 bits per heavy atom. The van der Waals surface area contributed by atoms with Crippen LogP contribution in [-0.2, 0) is 19.8 Å². The van der Waals surface area contributed by atoms with Gasteiger partial charge in [0.25, 0.3) is 0 Å². The van der Waals surface area contributed by atoms with Crippen LogP contribution in [0, 0.1) is 0 Å². The Bertz CT molecular complexity index is 806. The average Bonchev–Trinajstić information content (AvgIpc) is 3.09. The van der Waals surface area contributed by atoms with Crippen LogP contribution in [0.25, 0.3) is 0 Å². The smallest absolute Gasteiger partial charge is 0.368 e. The zero-order chi connectivity index (χ0) is 20.1. The summed E-state index contributed by atoms with van der Waals surface area (Å²) in [5.74, 6) is 0.812. The number of aryl methyl sites for hydroxylation is 1. The highest BCUT2D eigenvalue weighted by molar-refractivity contribution is 5.80. The van der Waals surface area contributed by atoms with E-state index in [4.69, 9.17) is 0 Å². The number of hydrogen-bond acceptors (Lipinski definition) is 3. The highest BCUT2D eigenvalue weighted by atomic mass is 19.4. The minimum Gasteiger partial charge on any atom is -0.368 e. The van der Waals surface area contributed by atoms with Crippen LogP contribution < -0.4 is 10.2 Å². The first-order valence-electron chi connectivity index (χ1n) is 9.31. The quantitative estimate of drug-likeness (QED) is 0.640. The van der Waals surface area contributed by atoms with E-state index < -0.39 is 11.7 Å². The molecule has 0 spiro atoms. The van der Waals surface area contributed by atoms with Crippen LogP contribution in [0.5, 0.6) is 0 Å². The molecule has 1 aliphatic rings. The third-order valence-electron chi connectivity index (χ3n) is 4.77. The maximum absolute atomic E-state index is 13.0. The number of anilines is 1. The molecule has 0 unspecified atom stereocenters. The lowest BCUT2D eigenvalue weighted by atomic mass is 10.1. The lowest BCUT2D eigenvalue weighted by Crippen LogP contribution is -2.52. The summed E-state index contributed by atoms with van der Waals surface area (Å²) in [6, 6.07) is 7.45.